The Bertz CT molecular complexity index is 1280. The zero-order valence-corrected chi connectivity index (χ0v) is 21.4. The SMILES string of the molecule is COc1cc(C=NNC(=O)CN(Cc2ccc(C)cc2)S(=O)(=O)c2ccccc2)cc(OC)c1OC. The number of hydrogen-bond donors (Lipinski definition) is 1. The Morgan fingerprint density at radius 1 is 0.944 bits per heavy atom. The second-order valence-electron chi connectivity index (χ2n) is 7.82. The lowest BCUT2D eigenvalue weighted by atomic mass is 10.1. The number of rotatable bonds is 11. The van der Waals surface area contributed by atoms with Crippen molar-refractivity contribution >= 4 is 22.1 Å². The van der Waals surface area contributed by atoms with Crippen LogP contribution >= 0.6 is 0 Å². The number of nitrogens with one attached hydrogen (secondary N) is 1. The molecule has 0 atom stereocenters. The number of benzene rings is 3. The van der Waals surface area contributed by atoms with Gasteiger partial charge in [-0.05, 0) is 36.8 Å². The lowest BCUT2D eigenvalue weighted by molar-refractivity contribution is -0.121. The van der Waals surface area contributed by atoms with E-state index < -0.39 is 22.5 Å². The van der Waals surface area contributed by atoms with Gasteiger partial charge in [0.1, 0.15) is 0 Å². The zero-order chi connectivity index (χ0) is 26.1. The molecule has 36 heavy (non-hydrogen) atoms. The van der Waals surface area contributed by atoms with Crippen LogP contribution in [0.25, 0.3) is 0 Å². The average molecular weight is 512 g/mol. The molecule has 3 aromatic rings. The maximum absolute atomic E-state index is 13.3. The molecule has 9 nitrogen and oxygen atoms in total. The van der Waals surface area contributed by atoms with Gasteiger partial charge >= 0.3 is 0 Å². The molecule has 0 bridgehead atoms. The number of amides is 1. The van der Waals surface area contributed by atoms with E-state index >= 15 is 0 Å². The Morgan fingerprint density at radius 2 is 1.56 bits per heavy atom. The molecule has 3 rings (SSSR count). The molecule has 0 heterocycles. The molecule has 0 aliphatic carbocycles. The number of hydrazone groups is 1. The quantitative estimate of drug-likeness (QED) is 0.313. The van der Waals surface area contributed by atoms with Crippen molar-refractivity contribution in [3.05, 3.63) is 83.4 Å². The molecule has 1 amide bonds. The number of sulfonamides is 1. The minimum absolute atomic E-state index is 0.0293. The van der Waals surface area contributed by atoms with E-state index in [1.54, 1.807) is 30.3 Å². The molecule has 0 aliphatic rings. The lowest BCUT2D eigenvalue weighted by Crippen LogP contribution is -2.39. The predicted octanol–water partition coefficient (Wildman–Crippen LogP) is 3.36. The first-order valence-corrected chi connectivity index (χ1v) is 12.4. The van der Waals surface area contributed by atoms with Gasteiger partial charge in [-0.3, -0.25) is 4.79 Å². The van der Waals surface area contributed by atoms with Crippen molar-refractivity contribution in [3.8, 4) is 17.2 Å². The normalized spacial score (nSPS) is 11.5. The minimum Gasteiger partial charge on any atom is -0.493 e. The third kappa shape index (κ3) is 6.61. The van der Waals surface area contributed by atoms with Crippen LogP contribution in [0.15, 0.2) is 76.7 Å². The third-order valence-electron chi connectivity index (χ3n) is 5.27. The van der Waals surface area contributed by atoms with Gasteiger partial charge in [0.15, 0.2) is 11.5 Å². The topological polar surface area (TPSA) is 107 Å². The van der Waals surface area contributed by atoms with E-state index in [2.05, 4.69) is 10.5 Å². The molecule has 10 heteroatoms. The van der Waals surface area contributed by atoms with Crippen molar-refractivity contribution in [1.29, 1.82) is 0 Å². The summed E-state index contributed by atoms with van der Waals surface area (Å²) >= 11 is 0. The summed E-state index contributed by atoms with van der Waals surface area (Å²) in [6.45, 7) is 1.56. The van der Waals surface area contributed by atoms with Crippen LogP contribution in [0.4, 0.5) is 0 Å². The number of aryl methyl sites for hydroxylation is 1. The average Bonchev–Trinajstić information content (AvgIpc) is 2.89. The Morgan fingerprint density at radius 3 is 2.11 bits per heavy atom. The van der Waals surface area contributed by atoms with Gasteiger partial charge in [-0.1, -0.05) is 48.0 Å². The molecule has 1 N–H and O–H groups in total. The molecule has 0 unspecified atom stereocenters. The number of ether oxygens (including phenoxy) is 3. The lowest BCUT2D eigenvalue weighted by Gasteiger charge is -2.21. The van der Waals surface area contributed by atoms with Gasteiger partial charge in [0, 0.05) is 12.1 Å². The zero-order valence-electron chi connectivity index (χ0n) is 20.6. The molecule has 0 aromatic heterocycles. The first-order chi connectivity index (χ1) is 17.3. The van der Waals surface area contributed by atoms with Crippen molar-refractivity contribution in [2.75, 3.05) is 27.9 Å². The molecule has 0 radical (unpaired) electrons. The number of carbonyl (C=O) groups is 1. The van der Waals surface area contributed by atoms with E-state index in [1.165, 1.54) is 39.7 Å². The fraction of sp³-hybridized carbons (Fsp3) is 0.231. The van der Waals surface area contributed by atoms with E-state index in [4.69, 9.17) is 14.2 Å². The summed E-state index contributed by atoms with van der Waals surface area (Å²) in [5.41, 5.74) is 4.79. The molecular formula is C26H29N3O6S. The van der Waals surface area contributed by atoms with Gasteiger partial charge in [-0.15, -0.1) is 0 Å². The van der Waals surface area contributed by atoms with Gasteiger partial charge in [-0.2, -0.15) is 9.41 Å². The summed E-state index contributed by atoms with van der Waals surface area (Å²) in [5.74, 6) is 0.704. The molecule has 190 valence electrons. The van der Waals surface area contributed by atoms with Crippen molar-refractivity contribution in [2.45, 2.75) is 18.4 Å². The van der Waals surface area contributed by atoms with Gasteiger partial charge in [0.05, 0.1) is 39.0 Å². The van der Waals surface area contributed by atoms with E-state index in [-0.39, 0.29) is 11.4 Å². The molecule has 0 spiro atoms. The van der Waals surface area contributed by atoms with E-state index in [0.717, 1.165) is 15.4 Å². The monoisotopic (exact) mass is 511 g/mol. The molecule has 0 aliphatic heterocycles. The summed E-state index contributed by atoms with van der Waals surface area (Å²) in [7, 11) is 0.558. The van der Waals surface area contributed by atoms with Crippen molar-refractivity contribution in [1.82, 2.24) is 9.73 Å². The Labute approximate surface area is 211 Å². The van der Waals surface area contributed by atoms with Gasteiger partial charge in [-0.25, -0.2) is 13.8 Å². The number of nitrogens with zero attached hydrogens (tertiary/aromatic N) is 2. The van der Waals surface area contributed by atoms with Crippen LogP contribution in [-0.4, -0.2) is 52.7 Å². The standard InChI is InChI=1S/C26H29N3O6S/c1-19-10-12-20(13-11-19)17-29(36(31,32)22-8-6-5-7-9-22)18-25(30)28-27-16-21-14-23(33-2)26(35-4)24(15-21)34-3/h5-16H,17-18H2,1-4H3,(H,28,30). The molecule has 3 aromatic carbocycles. The molecular weight excluding hydrogens is 482 g/mol. The fourth-order valence-corrected chi connectivity index (χ4v) is 4.82. The Hall–Kier alpha value is -3.89. The van der Waals surface area contributed by atoms with Crippen LogP contribution < -0.4 is 19.6 Å². The second kappa shape index (κ2) is 12.2. The highest BCUT2D eigenvalue weighted by Crippen LogP contribution is 2.37. The largest absolute Gasteiger partial charge is 0.493 e. The first-order valence-electron chi connectivity index (χ1n) is 11.0. The molecule has 0 saturated heterocycles. The maximum atomic E-state index is 13.3. The first kappa shape index (κ1) is 26.7. The molecule has 0 saturated carbocycles. The highest BCUT2D eigenvalue weighted by Gasteiger charge is 2.26. The summed E-state index contributed by atoms with van der Waals surface area (Å²) in [4.78, 5) is 12.8. The minimum atomic E-state index is -3.93. The molecule has 0 fully saturated rings. The van der Waals surface area contributed by atoms with Crippen LogP contribution in [0.1, 0.15) is 16.7 Å². The summed E-state index contributed by atoms with van der Waals surface area (Å²) in [5, 5.41) is 3.98. The Kier molecular flexibility index (Phi) is 9.04. The van der Waals surface area contributed by atoms with Crippen LogP contribution in [0.5, 0.6) is 17.2 Å². The van der Waals surface area contributed by atoms with Gasteiger partial charge < -0.3 is 14.2 Å². The van der Waals surface area contributed by atoms with Crippen LogP contribution in [0.2, 0.25) is 0 Å². The summed E-state index contributed by atoms with van der Waals surface area (Å²) in [6, 6.07) is 18.8. The second-order valence-corrected chi connectivity index (χ2v) is 9.76. The third-order valence-corrected chi connectivity index (χ3v) is 7.08. The maximum Gasteiger partial charge on any atom is 0.255 e. The summed E-state index contributed by atoms with van der Waals surface area (Å²) < 4.78 is 43.7. The number of methoxy groups -OCH3 is 3. The van der Waals surface area contributed by atoms with Crippen molar-refractivity contribution < 1.29 is 27.4 Å². The van der Waals surface area contributed by atoms with Crippen LogP contribution in [0, 0.1) is 6.92 Å². The highest BCUT2D eigenvalue weighted by atomic mass is 32.2. The smallest absolute Gasteiger partial charge is 0.255 e. The predicted molar refractivity (Wildman–Crippen MR) is 137 cm³/mol. The van der Waals surface area contributed by atoms with Crippen LogP contribution in [-0.2, 0) is 21.4 Å². The van der Waals surface area contributed by atoms with Gasteiger partial charge in [0.2, 0.25) is 15.8 Å². The fourth-order valence-electron chi connectivity index (χ4n) is 3.41. The van der Waals surface area contributed by atoms with E-state index in [1.807, 2.05) is 31.2 Å². The highest BCUT2D eigenvalue weighted by molar-refractivity contribution is 7.89. The van der Waals surface area contributed by atoms with Crippen LogP contribution in [0.3, 0.4) is 0 Å². The Balaban J connectivity index is 1.79. The number of hydrogen-bond acceptors (Lipinski definition) is 7. The number of carbonyl (C=O) groups excluding carboxylic acids is 1. The van der Waals surface area contributed by atoms with Gasteiger partial charge in [0.25, 0.3) is 5.91 Å². The van der Waals surface area contributed by atoms with Crippen molar-refractivity contribution in [3.63, 3.8) is 0 Å². The van der Waals surface area contributed by atoms with Crippen molar-refractivity contribution in [2.24, 2.45) is 5.10 Å². The summed E-state index contributed by atoms with van der Waals surface area (Å²) in [6.07, 6.45) is 1.40. The van der Waals surface area contributed by atoms with E-state index in [9.17, 15) is 13.2 Å². The van der Waals surface area contributed by atoms with E-state index in [0.29, 0.717) is 22.8 Å².